The molecule has 0 radical (unpaired) electrons. The molecule has 1 aliphatic heterocycles. The zero-order valence-corrected chi connectivity index (χ0v) is 13.7. The van der Waals surface area contributed by atoms with Gasteiger partial charge in [0.1, 0.15) is 11.5 Å². The summed E-state index contributed by atoms with van der Waals surface area (Å²) in [5, 5.41) is 3.75. The van der Waals surface area contributed by atoms with Crippen LogP contribution in [0.1, 0.15) is 11.1 Å². The van der Waals surface area contributed by atoms with Crippen LogP contribution in [0, 0.1) is 12.7 Å². The Morgan fingerprint density at radius 1 is 1.26 bits per heavy atom. The van der Waals surface area contributed by atoms with Crippen LogP contribution in [0.3, 0.4) is 0 Å². The fraction of sp³-hybridized carbons (Fsp3) is 0.0588. The molecule has 0 aromatic heterocycles. The fourth-order valence-corrected chi connectivity index (χ4v) is 2.90. The van der Waals surface area contributed by atoms with Gasteiger partial charge < -0.3 is 5.32 Å². The molecule has 2 aromatic carbocycles. The van der Waals surface area contributed by atoms with Gasteiger partial charge in [-0.25, -0.2) is 4.39 Å². The second-order valence-corrected chi connectivity index (χ2v) is 5.94. The summed E-state index contributed by atoms with van der Waals surface area (Å²) in [5.74, 6) is -0.651. The highest BCUT2D eigenvalue weighted by Gasteiger charge is 2.32. The van der Waals surface area contributed by atoms with Crippen molar-refractivity contribution in [2.45, 2.75) is 6.92 Å². The lowest BCUT2D eigenvalue weighted by Gasteiger charge is -2.16. The zero-order valence-electron chi connectivity index (χ0n) is 12.1. The van der Waals surface area contributed by atoms with Crippen molar-refractivity contribution in [3.05, 3.63) is 70.1 Å². The van der Waals surface area contributed by atoms with E-state index in [1.807, 2.05) is 6.92 Å². The van der Waals surface area contributed by atoms with Crippen LogP contribution in [0.25, 0.3) is 6.08 Å². The van der Waals surface area contributed by atoms with Gasteiger partial charge in [0.05, 0.1) is 5.69 Å². The molecule has 116 valence electrons. The summed E-state index contributed by atoms with van der Waals surface area (Å²) in [6.07, 6.45) is 1.57. The van der Waals surface area contributed by atoms with E-state index in [-0.39, 0.29) is 16.8 Å². The molecule has 3 nitrogen and oxygen atoms in total. The minimum Gasteiger partial charge on any atom is -0.327 e. The van der Waals surface area contributed by atoms with Crippen LogP contribution in [-0.4, -0.2) is 11.0 Å². The van der Waals surface area contributed by atoms with Gasteiger partial charge in [-0.15, -0.1) is 0 Å². The van der Waals surface area contributed by atoms with Gasteiger partial charge in [0.25, 0.3) is 5.91 Å². The fourth-order valence-electron chi connectivity index (χ4n) is 2.39. The summed E-state index contributed by atoms with van der Waals surface area (Å²) in [7, 11) is 0. The molecule has 1 amide bonds. The number of halogens is 2. The van der Waals surface area contributed by atoms with E-state index in [1.165, 1.54) is 17.0 Å². The van der Waals surface area contributed by atoms with E-state index in [9.17, 15) is 9.18 Å². The number of thiocarbonyl (C=S) groups is 1. The molecular weight excluding hydrogens is 335 g/mol. The van der Waals surface area contributed by atoms with Gasteiger partial charge >= 0.3 is 0 Å². The Bertz CT molecular complexity index is 850. The number of carbonyl (C=O) groups is 1. The normalized spacial score (nSPS) is 16.1. The minimum atomic E-state index is -0.363. The van der Waals surface area contributed by atoms with Crippen LogP contribution in [-0.2, 0) is 4.79 Å². The van der Waals surface area contributed by atoms with E-state index in [1.54, 1.807) is 36.4 Å². The number of hydrogen-bond acceptors (Lipinski definition) is 2. The molecule has 1 aliphatic rings. The van der Waals surface area contributed by atoms with Gasteiger partial charge in [0, 0.05) is 5.02 Å². The first-order valence-corrected chi connectivity index (χ1v) is 7.63. The van der Waals surface area contributed by atoms with Gasteiger partial charge in [-0.3, -0.25) is 9.69 Å². The molecule has 0 aliphatic carbocycles. The van der Waals surface area contributed by atoms with Crippen LogP contribution in [0.4, 0.5) is 10.1 Å². The predicted octanol–water partition coefficient (Wildman–Crippen LogP) is 4.05. The van der Waals surface area contributed by atoms with Crippen LogP contribution >= 0.6 is 23.8 Å². The topological polar surface area (TPSA) is 32.3 Å². The van der Waals surface area contributed by atoms with E-state index in [2.05, 4.69) is 5.32 Å². The first kappa shape index (κ1) is 15.6. The standard InChI is InChI=1S/C17H12ClFN2OS/c1-10-7-12(18)5-6-15(10)21-16(22)14(20-17(21)23)9-11-3-2-4-13(19)8-11/h2-9H,1H3,(H,20,23)/b14-9+. The van der Waals surface area contributed by atoms with Gasteiger partial charge in [-0.1, -0.05) is 23.7 Å². The van der Waals surface area contributed by atoms with E-state index < -0.39 is 0 Å². The number of benzene rings is 2. The van der Waals surface area contributed by atoms with Crippen molar-refractivity contribution in [3.8, 4) is 0 Å². The largest absolute Gasteiger partial charge is 0.327 e. The summed E-state index contributed by atoms with van der Waals surface area (Å²) >= 11 is 11.2. The lowest BCUT2D eigenvalue weighted by molar-refractivity contribution is -0.113. The maximum atomic E-state index is 13.3. The highest BCUT2D eigenvalue weighted by molar-refractivity contribution is 7.80. The van der Waals surface area contributed by atoms with E-state index >= 15 is 0 Å². The molecule has 0 unspecified atom stereocenters. The van der Waals surface area contributed by atoms with E-state index in [0.29, 0.717) is 22.0 Å². The number of aryl methyl sites for hydroxylation is 1. The van der Waals surface area contributed by atoms with Crippen molar-refractivity contribution in [2.75, 3.05) is 4.90 Å². The molecule has 0 bridgehead atoms. The summed E-state index contributed by atoms with van der Waals surface area (Å²) in [6.45, 7) is 1.85. The first-order valence-electron chi connectivity index (χ1n) is 6.84. The molecule has 1 N–H and O–H groups in total. The average Bonchev–Trinajstić information content (AvgIpc) is 2.74. The molecule has 0 saturated carbocycles. The summed E-state index contributed by atoms with van der Waals surface area (Å²) in [4.78, 5) is 14.0. The lowest BCUT2D eigenvalue weighted by atomic mass is 10.1. The number of anilines is 1. The van der Waals surface area contributed by atoms with Gasteiger partial charge in [0.2, 0.25) is 0 Å². The van der Waals surface area contributed by atoms with Gasteiger partial charge in [0.15, 0.2) is 5.11 Å². The Balaban J connectivity index is 1.97. The summed E-state index contributed by atoms with van der Waals surface area (Å²) in [6, 6.07) is 11.2. The number of rotatable bonds is 2. The average molecular weight is 347 g/mol. The Morgan fingerprint density at radius 3 is 2.74 bits per heavy atom. The molecule has 1 saturated heterocycles. The molecule has 2 aromatic rings. The predicted molar refractivity (Wildman–Crippen MR) is 93.8 cm³/mol. The molecule has 1 heterocycles. The van der Waals surface area contributed by atoms with Crippen LogP contribution < -0.4 is 10.2 Å². The lowest BCUT2D eigenvalue weighted by Crippen LogP contribution is -2.30. The SMILES string of the molecule is Cc1cc(Cl)ccc1N1C(=O)/C(=C\c2cccc(F)c2)NC1=S. The zero-order chi connectivity index (χ0) is 16.6. The molecule has 0 atom stereocenters. The molecule has 1 fully saturated rings. The maximum Gasteiger partial charge on any atom is 0.281 e. The Kier molecular flexibility index (Phi) is 4.15. The van der Waals surface area contributed by atoms with Crippen LogP contribution in [0.2, 0.25) is 5.02 Å². The number of amides is 1. The van der Waals surface area contributed by atoms with Crippen LogP contribution in [0.5, 0.6) is 0 Å². The Hall–Kier alpha value is -2.24. The van der Waals surface area contributed by atoms with Crippen molar-refractivity contribution in [2.24, 2.45) is 0 Å². The smallest absolute Gasteiger partial charge is 0.281 e. The number of nitrogens with zero attached hydrogens (tertiary/aromatic N) is 1. The van der Waals surface area contributed by atoms with Crippen molar-refractivity contribution in [1.82, 2.24) is 5.32 Å². The van der Waals surface area contributed by atoms with Crippen molar-refractivity contribution >= 4 is 46.6 Å². The van der Waals surface area contributed by atoms with Gasteiger partial charge in [-0.05, 0) is 66.7 Å². The van der Waals surface area contributed by atoms with Crippen molar-refractivity contribution in [1.29, 1.82) is 0 Å². The second-order valence-electron chi connectivity index (χ2n) is 5.11. The third-order valence-electron chi connectivity index (χ3n) is 3.44. The summed E-state index contributed by atoms with van der Waals surface area (Å²) in [5.41, 5.74) is 2.38. The maximum absolute atomic E-state index is 13.3. The van der Waals surface area contributed by atoms with E-state index in [4.69, 9.17) is 23.8 Å². The second kappa shape index (κ2) is 6.10. The molecule has 23 heavy (non-hydrogen) atoms. The van der Waals surface area contributed by atoms with Crippen molar-refractivity contribution < 1.29 is 9.18 Å². The highest BCUT2D eigenvalue weighted by Crippen LogP contribution is 2.28. The monoisotopic (exact) mass is 346 g/mol. The third-order valence-corrected chi connectivity index (χ3v) is 3.96. The number of carbonyl (C=O) groups excluding carboxylic acids is 1. The van der Waals surface area contributed by atoms with E-state index in [0.717, 1.165) is 5.56 Å². The molecule has 3 rings (SSSR count). The van der Waals surface area contributed by atoms with Crippen molar-refractivity contribution in [3.63, 3.8) is 0 Å². The minimum absolute atomic E-state index is 0.281. The highest BCUT2D eigenvalue weighted by atomic mass is 35.5. The Labute approximate surface area is 143 Å². The summed E-state index contributed by atoms with van der Waals surface area (Å²) < 4.78 is 13.3. The van der Waals surface area contributed by atoms with Gasteiger partial charge in [-0.2, -0.15) is 0 Å². The number of nitrogens with one attached hydrogen (secondary N) is 1. The number of hydrogen-bond donors (Lipinski definition) is 1. The molecular formula is C17H12ClFN2OS. The third kappa shape index (κ3) is 3.11. The Morgan fingerprint density at radius 2 is 2.04 bits per heavy atom. The molecule has 0 spiro atoms. The van der Waals surface area contributed by atoms with Crippen LogP contribution in [0.15, 0.2) is 48.2 Å². The first-order chi connectivity index (χ1) is 11.0. The molecule has 6 heteroatoms. The quantitative estimate of drug-likeness (QED) is 0.657.